The molecule has 1 fully saturated rings. The molecule has 0 spiro atoms. The van der Waals surface area contributed by atoms with Crippen LogP contribution in [0, 0.1) is 0 Å². The van der Waals surface area contributed by atoms with E-state index in [4.69, 9.17) is 9.72 Å². The molecule has 1 atom stereocenters. The Balaban J connectivity index is 1.36. The number of hydrogen-bond donors (Lipinski definition) is 1. The third-order valence-electron chi connectivity index (χ3n) is 6.67. The number of pyridine rings is 1. The average Bonchev–Trinajstić information content (AvgIpc) is 3.33. The molecule has 1 saturated heterocycles. The van der Waals surface area contributed by atoms with Crippen molar-refractivity contribution in [3.05, 3.63) is 36.5 Å². The fourth-order valence-corrected chi connectivity index (χ4v) is 4.73. The predicted octanol–water partition coefficient (Wildman–Crippen LogP) is 1.20. The molecule has 1 N–H and O–H groups in total. The summed E-state index contributed by atoms with van der Waals surface area (Å²) in [6.07, 6.45) is 0.792. The molecule has 0 aliphatic carbocycles. The fourth-order valence-electron chi connectivity index (χ4n) is 4.73. The number of aliphatic hydroxyl groups is 1. The van der Waals surface area contributed by atoms with E-state index in [-0.39, 0.29) is 5.91 Å². The summed E-state index contributed by atoms with van der Waals surface area (Å²) in [6, 6.07) is 10.0. The summed E-state index contributed by atoms with van der Waals surface area (Å²) in [5.74, 6) is 0.994. The standard InChI is InChI=1S/C24H26N8O3/c1-15(33)24(34)31-10-8-30(9-11-31)18-5-3-4-16-6-7-17(26-20(16)18)22-27-28-23-21-19(14-25-32(22)23)29(2)12-13-35-21/h3-7,14-15,33H,8-13H2,1-2H3/t15-/m0/s1. The zero-order chi connectivity index (χ0) is 24.1. The zero-order valence-electron chi connectivity index (χ0n) is 19.6. The maximum atomic E-state index is 12.2. The molecule has 3 aromatic heterocycles. The Morgan fingerprint density at radius 3 is 2.69 bits per heavy atom. The van der Waals surface area contributed by atoms with Gasteiger partial charge < -0.3 is 24.5 Å². The van der Waals surface area contributed by atoms with Crippen molar-refractivity contribution in [1.29, 1.82) is 0 Å². The first kappa shape index (κ1) is 21.5. The molecule has 0 bridgehead atoms. The summed E-state index contributed by atoms with van der Waals surface area (Å²) < 4.78 is 7.57. The van der Waals surface area contributed by atoms with Gasteiger partial charge in [-0.25, -0.2) is 4.98 Å². The molecule has 6 rings (SSSR count). The van der Waals surface area contributed by atoms with Crippen LogP contribution in [-0.2, 0) is 4.79 Å². The van der Waals surface area contributed by atoms with Crippen LogP contribution in [0.2, 0.25) is 0 Å². The lowest BCUT2D eigenvalue weighted by Crippen LogP contribution is -2.51. The van der Waals surface area contributed by atoms with E-state index in [1.807, 2.05) is 37.4 Å². The Labute approximate surface area is 201 Å². The van der Waals surface area contributed by atoms with Crippen LogP contribution in [0.15, 0.2) is 36.5 Å². The molecular weight excluding hydrogens is 448 g/mol. The Bertz CT molecular complexity index is 1430. The van der Waals surface area contributed by atoms with Gasteiger partial charge in [0.1, 0.15) is 24.1 Å². The SMILES string of the molecule is C[C@H](O)C(=O)N1CCN(c2cccc3ccc(-c4nnc5c6c(cnn45)N(C)CCO6)nc23)CC1. The first-order chi connectivity index (χ1) is 17.0. The summed E-state index contributed by atoms with van der Waals surface area (Å²) >= 11 is 0. The molecule has 180 valence electrons. The smallest absolute Gasteiger partial charge is 0.251 e. The van der Waals surface area contributed by atoms with E-state index in [9.17, 15) is 9.90 Å². The molecule has 2 aliphatic rings. The van der Waals surface area contributed by atoms with Crippen LogP contribution in [0.5, 0.6) is 5.75 Å². The fraction of sp³-hybridized carbons (Fsp3) is 0.375. The number of aromatic nitrogens is 5. The lowest BCUT2D eigenvalue weighted by atomic mass is 10.1. The molecular formula is C24H26N8O3. The normalized spacial score (nSPS) is 16.9. The highest BCUT2D eigenvalue weighted by Crippen LogP contribution is 2.35. The van der Waals surface area contributed by atoms with Crippen molar-refractivity contribution in [2.45, 2.75) is 13.0 Å². The van der Waals surface area contributed by atoms with Crippen LogP contribution in [0.3, 0.4) is 0 Å². The molecule has 11 heteroatoms. The van der Waals surface area contributed by atoms with Gasteiger partial charge in [0.25, 0.3) is 5.91 Å². The third-order valence-corrected chi connectivity index (χ3v) is 6.67. The number of ether oxygens (including phenoxy) is 1. The number of anilines is 2. The largest absolute Gasteiger partial charge is 0.486 e. The molecule has 0 radical (unpaired) electrons. The molecule has 2 aliphatic heterocycles. The van der Waals surface area contributed by atoms with Crippen LogP contribution in [0.4, 0.5) is 11.4 Å². The van der Waals surface area contributed by atoms with E-state index in [0.717, 1.165) is 28.8 Å². The number of benzene rings is 1. The first-order valence-electron chi connectivity index (χ1n) is 11.7. The number of aliphatic hydroxyl groups excluding tert-OH is 1. The highest BCUT2D eigenvalue weighted by atomic mass is 16.5. The van der Waals surface area contributed by atoms with Crippen LogP contribution < -0.4 is 14.5 Å². The number of hydrogen-bond acceptors (Lipinski definition) is 9. The van der Waals surface area contributed by atoms with Crippen LogP contribution in [-0.4, -0.2) is 93.2 Å². The molecule has 4 aromatic rings. The highest BCUT2D eigenvalue weighted by molar-refractivity contribution is 5.92. The quantitative estimate of drug-likeness (QED) is 0.468. The van der Waals surface area contributed by atoms with E-state index in [1.165, 1.54) is 6.92 Å². The monoisotopic (exact) mass is 474 g/mol. The number of carbonyl (C=O) groups is 1. The van der Waals surface area contributed by atoms with Gasteiger partial charge in [-0.05, 0) is 19.1 Å². The molecule has 0 saturated carbocycles. The average molecular weight is 475 g/mol. The third kappa shape index (κ3) is 3.59. The van der Waals surface area contributed by atoms with Crippen LogP contribution in [0.25, 0.3) is 28.1 Å². The summed E-state index contributed by atoms with van der Waals surface area (Å²) in [5.41, 5.74) is 3.98. The Morgan fingerprint density at radius 1 is 1.06 bits per heavy atom. The van der Waals surface area contributed by atoms with E-state index in [0.29, 0.717) is 55.7 Å². The molecule has 1 amide bonds. The molecule has 11 nitrogen and oxygen atoms in total. The van der Waals surface area contributed by atoms with Gasteiger partial charge in [-0.2, -0.15) is 9.61 Å². The molecule has 35 heavy (non-hydrogen) atoms. The van der Waals surface area contributed by atoms with Crippen LogP contribution in [0.1, 0.15) is 6.92 Å². The number of fused-ring (bicyclic) bond motifs is 4. The van der Waals surface area contributed by atoms with E-state index >= 15 is 0 Å². The second-order valence-corrected chi connectivity index (χ2v) is 8.92. The van der Waals surface area contributed by atoms with Gasteiger partial charge in [0.15, 0.2) is 5.75 Å². The molecule has 1 aromatic carbocycles. The minimum absolute atomic E-state index is 0.230. The maximum Gasteiger partial charge on any atom is 0.251 e. The van der Waals surface area contributed by atoms with E-state index < -0.39 is 6.10 Å². The van der Waals surface area contributed by atoms with Crippen molar-refractivity contribution in [2.75, 3.05) is 56.2 Å². The summed E-state index contributed by atoms with van der Waals surface area (Å²) in [6.45, 7) is 5.32. The van der Waals surface area contributed by atoms with Gasteiger partial charge in [-0.15, -0.1) is 10.2 Å². The van der Waals surface area contributed by atoms with Gasteiger partial charge in [-0.3, -0.25) is 4.79 Å². The first-order valence-corrected chi connectivity index (χ1v) is 11.7. The minimum atomic E-state index is -0.980. The Kier molecular flexibility index (Phi) is 5.14. The van der Waals surface area contributed by atoms with Crippen molar-refractivity contribution in [1.82, 2.24) is 29.7 Å². The summed E-state index contributed by atoms with van der Waals surface area (Å²) in [7, 11) is 2.00. The van der Waals surface area contributed by atoms with Crippen molar-refractivity contribution in [3.8, 4) is 17.3 Å². The maximum absolute atomic E-state index is 12.2. The van der Waals surface area contributed by atoms with Gasteiger partial charge in [0.05, 0.1) is 23.9 Å². The van der Waals surface area contributed by atoms with Crippen LogP contribution >= 0.6 is 0 Å². The number of likely N-dealkylation sites (N-methyl/N-ethyl adjacent to an activating group) is 1. The van der Waals surface area contributed by atoms with Gasteiger partial charge >= 0.3 is 0 Å². The Hall–Kier alpha value is -3.99. The number of amides is 1. The second kappa shape index (κ2) is 8.35. The summed E-state index contributed by atoms with van der Waals surface area (Å²) in [5, 5.41) is 24.0. The van der Waals surface area contributed by atoms with Gasteiger partial charge in [-0.1, -0.05) is 18.2 Å². The van der Waals surface area contributed by atoms with Gasteiger partial charge in [0.2, 0.25) is 11.5 Å². The lowest BCUT2D eigenvalue weighted by Gasteiger charge is -2.36. The minimum Gasteiger partial charge on any atom is -0.486 e. The number of piperazine rings is 1. The van der Waals surface area contributed by atoms with Crippen molar-refractivity contribution >= 4 is 33.8 Å². The lowest BCUT2D eigenvalue weighted by molar-refractivity contribution is -0.139. The van der Waals surface area contributed by atoms with Crippen molar-refractivity contribution < 1.29 is 14.6 Å². The van der Waals surface area contributed by atoms with Crippen molar-refractivity contribution in [3.63, 3.8) is 0 Å². The zero-order valence-corrected chi connectivity index (χ0v) is 19.6. The van der Waals surface area contributed by atoms with E-state index in [2.05, 4.69) is 25.1 Å². The van der Waals surface area contributed by atoms with E-state index in [1.54, 1.807) is 15.6 Å². The molecule has 0 unspecified atom stereocenters. The number of rotatable bonds is 3. The van der Waals surface area contributed by atoms with Gasteiger partial charge in [0, 0.05) is 38.6 Å². The number of para-hydroxylation sites is 1. The van der Waals surface area contributed by atoms with Crippen molar-refractivity contribution in [2.24, 2.45) is 0 Å². The highest BCUT2D eigenvalue weighted by Gasteiger charge is 2.26. The number of carbonyl (C=O) groups excluding carboxylic acids is 1. The number of nitrogens with zero attached hydrogens (tertiary/aromatic N) is 8. The predicted molar refractivity (Wildman–Crippen MR) is 131 cm³/mol. The Morgan fingerprint density at radius 2 is 1.89 bits per heavy atom. The second-order valence-electron chi connectivity index (χ2n) is 8.92. The topological polar surface area (TPSA) is 112 Å². The summed E-state index contributed by atoms with van der Waals surface area (Å²) in [4.78, 5) is 23.2. The molecule has 5 heterocycles.